The number of carbonyl (C=O) groups is 2. The lowest BCUT2D eigenvalue weighted by molar-refractivity contribution is -0.132. The number of nitrogens with zero attached hydrogens (tertiary/aromatic N) is 1. The summed E-state index contributed by atoms with van der Waals surface area (Å²) in [6.07, 6.45) is 3.63. The van der Waals surface area contributed by atoms with E-state index < -0.39 is 0 Å². The molecule has 5 nitrogen and oxygen atoms in total. The van der Waals surface area contributed by atoms with E-state index in [-0.39, 0.29) is 23.9 Å². The summed E-state index contributed by atoms with van der Waals surface area (Å²) in [5.41, 5.74) is 0. The van der Waals surface area contributed by atoms with E-state index in [9.17, 15) is 9.59 Å². The Balaban J connectivity index is 1.77. The topological polar surface area (TPSA) is 61.4 Å². The Bertz CT molecular complexity index is 290. The highest BCUT2D eigenvalue weighted by molar-refractivity contribution is 5.82. The number of hydrogen-bond acceptors (Lipinski definition) is 3. The van der Waals surface area contributed by atoms with Crippen LogP contribution in [0.4, 0.5) is 0 Å². The molecule has 0 radical (unpaired) electrons. The minimum absolute atomic E-state index is 0.113. The summed E-state index contributed by atoms with van der Waals surface area (Å²) in [7, 11) is 0. The summed E-state index contributed by atoms with van der Waals surface area (Å²) in [5, 5.41) is 6.13. The van der Waals surface area contributed by atoms with Crippen molar-refractivity contribution in [1.29, 1.82) is 0 Å². The Labute approximate surface area is 102 Å². The highest BCUT2D eigenvalue weighted by Crippen LogP contribution is 2.10. The molecule has 2 N–H and O–H groups in total. The quantitative estimate of drug-likeness (QED) is 0.721. The van der Waals surface area contributed by atoms with E-state index in [1.54, 1.807) is 0 Å². The molecule has 2 heterocycles. The molecular weight excluding hydrogens is 218 g/mol. The third kappa shape index (κ3) is 3.19. The van der Waals surface area contributed by atoms with E-state index in [1.165, 1.54) is 0 Å². The van der Waals surface area contributed by atoms with Crippen LogP contribution in [0.25, 0.3) is 0 Å². The number of likely N-dealkylation sites (tertiary alicyclic amines) is 1. The van der Waals surface area contributed by atoms with Gasteiger partial charge in [-0.25, -0.2) is 0 Å². The molecule has 5 heteroatoms. The van der Waals surface area contributed by atoms with E-state index in [2.05, 4.69) is 10.6 Å². The van der Waals surface area contributed by atoms with Gasteiger partial charge in [-0.1, -0.05) is 0 Å². The lowest BCUT2D eigenvalue weighted by Crippen LogP contribution is -2.53. The number of nitrogens with one attached hydrogen (secondary N) is 2. The lowest BCUT2D eigenvalue weighted by Gasteiger charge is -2.28. The van der Waals surface area contributed by atoms with Crippen LogP contribution in [0.15, 0.2) is 0 Å². The maximum absolute atomic E-state index is 12.1. The minimum atomic E-state index is -0.145. The first kappa shape index (κ1) is 12.4. The zero-order chi connectivity index (χ0) is 12.3. The fourth-order valence-electron chi connectivity index (χ4n) is 2.51. The van der Waals surface area contributed by atoms with Gasteiger partial charge < -0.3 is 15.5 Å². The van der Waals surface area contributed by atoms with E-state index >= 15 is 0 Å². The molecule has 96 valence electrons. The van der Waals surface area contributed by atoms with Crippen LogP contribution < -0.4 is 10.6 Å². The second kappa shape index (κ2) is 5.49. The van der Waals surface area contributed by atoms with Crippen molar-refractivity contribution in [3.05, 3.63) is 0 Å². The third-order valence-corrected chi connectivity index (χ3v) is 3.54. The van der Waals surface area contributed by atoms with Crippen molar-refractivity contribution < 1.29 is 9.59 Å². The molecule has 0 saturated carbocycles. The lowest BCUT2D eigenvalue weighted by atomic mass is 10.1. The molecule has 17 heavy (non-hydrogen) atoms. The zero-order valence-corrected chi connectivity index (χ0v) is 10.4. The van der Waals surface area contributed by atoms with Crippen molar-refractivity contribution in [3.63, 3.8) is 0 Å². The fraction of sp³-hybridized carbons (Fsp3) is 0.833. The first-order valence-corrected chi connectivity index (χ1v) is 6.48. The number of rotatable bonds is 3. The smallest absolute Gasteiger partial charge is 0.239 e. The monoisotopic (exact) mass is 239 g/mol. The second-order valence-electron chi connectivity index (χ2n) is 4.96. The van der Waals surface area contributed by atoms with Crippen LogP contribution in [0.2, 0.25) is 0 Å². The first-order valence-electron chi connectivity index (χ1n) is 6.48. The number of amides is 2. The normalized spacial score (nSPS) is 26.8. The van der Waals surface area contributed by atoms with Gasteiger partial charge in [0.25, 0.3) is 0 Å². The van der Waals surface area contributed by atoms with Crippen molar-refractivity contribution in [2.45, 2.75) is 44.7 Å². The molecule has 2 fully saturated rings. The van der Waals surface area contributed by atoms with Crippen LogP contribution in [-0.2, 0) is 9.59 Å². The molecule has 2 saturated heterocycles. The van der Waals surface area contributed by atoms with Crippen LogP contribution in [0.5, 0.6) is 0 Å². The predicted octanol–water partition coefficient (Wildman–Crippen LogP) is -0.134. The van der Waals surface area contributed by atoms with Gasteiger partial charge in [0, 0.05) is 32.1 Å². The van der Waals surface area contributed by atoms with Gasteiger partial charge in [0.05, 0.1) is 6.04 Å². The van der Waals surface area contributed by atoms with Crippen molar-refractivity contribution in [1.82, 2.24) is 15.5 Å². The molecular formula is C12H21N3O2. The molecule has 0 aliphatic carbocycles. The molecule has 0 bridgehead atoms. The highest BCUT2D eigenvalue weighted by atomic mass is 16.2. The highest BCUT2D eigenvalue weighted by Gasteiger charge is 2.26. The standard InChI is InChI=1S/C12H21N3O2/c1-9(12(17)15-6-2-3-7-15)14-10-4-5-11(16)13-8-10/h9-10,14H,2-8H2,1H3,(H,13,16). The summed E-state index contributed by atoms with van der Waals surface area (Å²) in [5.74, 6) is 0.306. The van der Waals surface area contributed by atoms with Crippen molar-refractivity contribution >= 4 is 11.8 Å². The molecule has 2 atom stereocenters. The van der Waals surface area contributed by atoms with Gasteiger partial charge >= 0.3 is 0 Å². The molecule has 0 aromatic carbocycles. The zero-order valence-electron chi connectivity index (χ0n) is 10.4. The largest absolute Gasteiger partial charge is 0.355 e. The summed E-state index contributed by atoms with van der Waals surface area (Å²) in [4.78, 5) is 25.0. The van der Waals surface area contributed by atoms with Gasteiger partial charge in [0.15, 0.2) is 0 Å². The summed E-state index contributed by atoms with van der Waals surface area (Å²) < 4.78 is 0. The Hall–Kier alpha value is -1.10. The maximum atomic E-state index is 12.1. The molecule has 2 rings (SSSR count). The van der Waals surface area contributed by atoms with Gasteiger partial charge in [0.1, 0.15) is 0 Å². The van der Waals surface area contributed by atoms with Crippen LogP contribution in [0.1, 0.15) is 32.6 Å². The number of carbonyl (C=O) groups excluding carboxylic acids is 2. The van der Waals surface area contributed by atoms with E-state index in [1.807, 2.05) is 11.8 Å². The van der Waals surface area contributed by atoms with Crippen LogP contribution >= 0.6 is 0 Å². The predicted molar refractivity (Wildman–Crippen MR) is 64.4 cm³/mol. The van der Waals surface area contributed by atoms with Crippen molar-refractivity contribution in [2.24, 2.45) is 0 Å². The Morgan fingerprint density at radius 1 is 1.47 bits per heavy atom. The van der Waals surface area contributed by atoms with Crippen molar-refractivity contribution in [3.8, 4) is 0 Å². The Kier molecular flexibility index (Phi) is 3.99. The van der Waals surface area contributed by atoms with E-state index in [0.29, 0.717) is 13.0 Å². The third-order valence-electron chi connectivity index (χ3n) is 3.54. The average Bonchev–Trinajstić information content (AvgIpc) is 2.84. The number of piperidine rings is 1. The fourth-order valence-corrected chi connectivity index (χ4v) is 2.51. The van der Waals surface area contributed by atoms with Gasteiger partial charge in [-0.15, -0.1) is 0 Å². The SMILES string of the molecule is CC(NC1CCC(=O)NC1)C(=O)N1CCCC1. The average molecular weight is 239 g/mol. The molecule has 2 aliphatic rings. The summed E-state index contributed by atoms with van der Waals surface area (Å²) in [6.45, 7) is 4.34. The second-order valence-corrected chi connectivity index (χ2v) is 4.96. The minimum Gasteiger partial charge on any atom is -0.355 e. The molecule has 0 spiro atoms. The summed E-state index contributed by atoms with van der Waals surface area (Å²) >= 11 is 0. The van der Waals surface area contributed by atoms with E-state index in [4.69, 9.17) is 0 Å². The van der Waals surface area contributed by atoms with Gasteiger partial charge in [-0.3, -0.25) is 9.59 Å². The first-order chi connectivity index (χ1) is 8.16. The molecule has 2 aliphatic heterocycles. The van der Waals surface area contributed by atoms with Crippen LogP contribution in [-0.4, -0.2) is 48.4 Å². The molecule has 2 amide bonds. The molecule has 0 aromatic rings. The maximum Gasteiger partial charge on any atom is 0.239 e. The Morgan fingerprint density at radius 3 is 2.76 bits per heavy atom. The molecule has 0 aromatic heterocycles. The van der Waals surface area contributed by atoms with Gasteiger partial charge in [0.2, 0.25) is 11.8 Å². The number of hydrogen-bond donors (Lipinski definition) is 2. The van der Waals surface area contributed by atoms with Crippen LogP contribution in [0, 0.1) is 0 Å². The van der Waals surface area contributed by atoms with E-state index in [0.717, 1.165) is 32.4 Å². The molecule has 2 unspecified atom stereocenters. The van der Waals surface area contributed by atoms with Gasteiger partial charge in [-0.05, 0) is 26.2 Å². The Morgan fingerprint density at radius 2 is 2.18 bits per heavy atom. The van der Waals surface area contributed by atoms with Crippen LogP contribution in [0.3, 0.4) is 0 Å². The van der Waals surface area contributed by atoms with Gasteiger partial charge in [-0.2, -0.15) is 0 Å². The summed E-state index contributed by atoms with van der Waals surface area (Å²) in [6, 6.07) is 0.0855. The van der Waals surface area contributed by atoms with Crippen molar-refractivity contribution in [2.75, 3.05) is 19.6 Å².